The average molecular weight is 379 g/mol. The Morgan fingerprint density at radius 1 is 0.962 bits per heavy atom. The van der Waals surface area contributed by atoms with E-state index in [1.54, 1.807) is 19.2 Å². The molecule has 0 saturated carbocycles. The lowest BCUT2D eigenvalue weighted by atomic mass is 10.1. The Morgan fingerprint density at radius 2 is 1.46 bits per heavy atom. The van der Waals surface area contributed by atoms with Crippen LogP contribution in [0.2, 0.25) is 0 Å². The van der Waals surface area contributed by atoms with Gasteiger partial charge in [0.05, 0.1) is 19.1 Å². The second kappa shape index (κ2) is 8.68. The number of carbonyl (C=O) groups is 1. The number of ether oxygens (including phenoxy) is 2. The SMILES string of the molecule is COc1ccc(CCN(CC(=O)O)S(=O)(=O)c2ccc(OC)cc2)cc1. The zero-order valence-corrected chi connectivity index (χ0v) is 15.4. The third kappa shape index (κ3) is 4.96. The fraction of sp³-hybridized carbons (Fsp3) is 0.278. The molecule has 0 aliphatic rings. The van der Waals surface area contributed by atoms with Crippen LogP contribution >= 0.6 is 0 Å². The number of benzene rings is 2. The smallest absolute Gasteiger partial charge is 0.318 e. The van der Waals surface area contributed by atoms with E-state index in [4.69, 9.17) is 14.6 Å². The lowest BCUT2D eigenvalue weighted by Crippen LogP contribution is -2.37. The van der Waals surface area contributed by atoms with Crippen molar-refractivity contribution in [3.05, 3.63) is 54.1 Å². The summed E-state index contributed by atoms with van der Waals surface area (Å²) in [6.07, 6.45) is 0.382. The molecule has 8 heteroatoms. The number of carboxylic acid groups (broad SMARTS) is 1. The first kappa shape index (κ1) is 19.7. The van der Waals surface area contributed by atoms with E-state index >= 15 is 0 Å². The molecular weight excluding hydrogens is 358 g/mol. The van der Waals surface area contributed by atoms with E-state index in [1.807, 2.05) is 12.1 Å². The molecule has 0 saturated heterocycles. The third-order valence-corrected chi connectivity index (χ3v) is 5.68. The highest BCUT2D eigenvalue weighted by Crippen LogP contribution is 2.20. The van der Waals surface area contributed by atoms with Crippen LogP contribution in [0.1, 0.15) is 5.56 Å². The summed E-state index contributed by atoms with van der Waals surface area (Å²) in [5.74, 6) is 0.00535. The average Bonchev–Trinajstić information content (AvgIpc) is 2.65. The molecule has 0 aliphatic carbocycles. The van der Waals surface area contributed by atoms with Crippen molar-refractivity contribution >= 4 is 16.0 Å². The van der Waals surface area contributed by atoms with Crippen LogP contribution in [0.4, 0.5) is 0 Å². The number of hydrogen-bond donors (Lipinski definition) is 1. The van der Waals surface area contributed by atoms with E-state index in [9.17, 15) is 13.2 Å². The Hall–Kier alpha value is -2.58. The summed E-state index contributed by atoms with van der Waals surface area (Å²) < 4.78 is 36.6. The molecule has 7 nitrogen and oxygen atoms in total. The topological polar surface area (TPSA) is 93.1 Å². The Kier molecular flexibility index (Phi) is 6.59. The largest absolute Gasteiger partial charge is 0.497 e. The molecule has 0 aliphatic heterocycles. The molecule has 0 radical (unpaired) electrons. The van der Waals surface area contributed by atoms with E-state index in [0.29, 0.717) is 17.9 Å². The van der Waals surface area contributed by atoms with Crippen molar-refractivity contribution in [2.24, 2.45) is 0 Å². The maximum Gasteiger partial charge on any atom is 0.318 e. The van der Waals surface area contributed by atoms with Crippen LogP contribution in [0.3, 0.4) is 0 Å². The van der Waals surface area contributed by atoms with Crippen LogP contribution < -0.4 is 9.47 Å². The Morgan fingerprint density at radius 3 is 1.92 bits per heavy atom. The first-order chi connectivity index (χ1) is 12.4. The second-order valence-electron chi connectivity index (χ2n) is 5.51. The molecule has 0 fully saturated rings. The van der Waals surface area contributed by atoms with Crippen LogP contribution in [0, 0.1) is 0 Å². The molecule has 2 rings (SSSR count). The molecule has 0 bridgehead atoms. The Labute approximate surface area is 152 Å². The van der Waals surface area contributed by atoms with Crippen molar-refractivity contribution in [1.82, 2.24) is 4.31 Å². The molecule has 2 aromatic carbocycles. The minimum Gasteiger partial charge on any atom is -0.497 e. The summed E-state index contributed by atoms with van der Waals surface area (Å²) in [4.78, 5) is 11.2. The lowest BCUT2D eigenvalue weighted by Gasteiger charge is -2.20. The predicted octanol–water partition coefficient (Wildman–Crippen LogP) is 2.02. The zero-order valence-electron chi connectivity index (χ0n) is 14.6. The van der Waals surface area contributed by atoms with E-state index in [0.717, 1.165) is 9.87 Å². The van der Waals surface area contributed by atoms with Gasteiger partial charge in [-0.3, -0.25) is 4.79 Å². The fourth-order valence-electron chi connectivity index (χ4n) is 2.38. The molecule has 26 heavy (non-hydrogen) atoms. The van der Waals surface area contributed by atoms with Crippen LogP contribution in [-0.4, -0.2) is 51.1 Å². The molecular formula is C18H21NO6S. The van der Waals surface area contributed by atoms with Crippen LogP contribution in [0.25, 0.3) is 0 Å². The minimum atomic E-state index is -3.93. The van der Waals surface area contributed by atoms with Crippen molar-refractivity contribution in [1.29, 1.82) is 0 Å². The van der Waals surface area contributed by atoms with Crippen molar-refractivity contribution in [3.63, 3.8) is 0 Å². The van der Waals surface area contributed by atoms with Gasteiger partial charge in [0.2, 0.25) is 10.0 Å². The molecule has 0 amide bonds. The number of rotatable bonds is 9. The summed E-state index contributed by atoms with van der Waals surface area (Å²) in [6.45, 7) is -0.558. The quantitative estimate of drug-likeness (QED) is 0.716. The molecule has 0 atom stereocenters. The first-order valence-corrected chi connectivity index (χ1v) is 9.29. The van der Waals surface area contributed by atoms with Crippen LogP contribution in [-0.2, 0) is 21.2 Å². The molecule has 1 N–H and O–H groups in total. The number of carboxylic acids is 1. The van der Waals surface area contributed by atoms with Crippen molar-refractivity contribution in [3.8, 4) is 11.5 Å². The van der Waals surface area contributed by atoms with E-state index in [2.05, 4.69) is 0 Å². The van der Waals surface area contributed by atoms with Crippen LogP contribution in [0.5, 0.6) is 11.5 Å². The summed E-state index contributed by atoms with van der Waals surface area (Å²) in [5, 5.41) is 9.10. The van der Waals surface area contributed by atoms with E-state index in [-0.39, 0.29) is 11.4 Å². The zero-order chi connectivity index (χ0) is 19.2. The summed E-state index contributed by atoms with van der Waals surface area (Å²) in [5.41, 5.74) is 0.881. The molecule has 140 valence electrons. The maximum absolute atomic E-state index is 12.8. The van der Waals surface area contributed by atoms with E-state index in [1.165, 1.54) is 31.4 Å². The van der Waals surface area contributed by atoms with Crippen molar-refractivity contribution in [2.45, 2.75) is 11.3 Å². The van der Waals surface area contributed by atoms with Gasteiger partial charge in [0.15, 0.2) is 0 Å². The van der Waals surface area contributed by atoms with Crippen LogP contribution in [0.15, 0.2) is 53.4 Å². The third-order valence-electron chi connectivity index (χ3n) is 3.82. The van der Waals surface area contributed by atoms with Gasteiger partial charge < -0.3 is 14.6 Å². The summed E-state index contributed by atoms with van der Waals surface area (Å²) in [6, 6.07) is 13.0. The molecule has 0 heterocycles. The minimum absolute atomic E-state index is 0.0225. The number of hydrogen-bond acceptors (Lipinski definition) is 5. The molecule has 2 aromatic rings. The van der Waals surface area contributed by atoms with Gasteiger partial charge in [0.25, 0.3) is 0 Å². The van der Waals surface area contributed by atoms with Gasteiger partial charge in [-0.1, -0.05) is 12.1 Å². The van der Waals surface area contributed by atoms with Gasteiger partial charge in [0.1, 0.15) is 18.0 Å². The number of sulfonamides is 1. The van der Waals surface area contributed by atoms with Gasteiger partial charge in [-0.15, -0.1) is 0 Å². The highest BCUT2D eigenvalue weighted by molar-refractivity contribution is 7.89. The normalized spacial score (nSPS) is 11.3. The van der Waals surface area contributed by atoms with Crippen molar-refractivity contribution in [2.75, 3.05) is 27.3 Å². The Bertz CT molecular complexity index is 831. The number of methoxy groups -OCH3 is 2. The summed E-state index contributed by atoms with van der Waals surface area (Å²) >= 11 is 0. The molecule has 0 unspecified atom stereocenters. The monoisotopic (exact) mass is 379 g/mol. The van der Waals surface area contributed by atoms with Gasteiger partial charge in [-0.05, 0) is 48.4 Å². The number of nitrogens with zero attached hydrogens (tertiary/aromatic N) is 1. The molecule has 0 aromatic heterocycles. The first-order valence-electron chi connectivity index (χ1n) is 7.85. The number of aliphatic carboxylic acids is 1. The highest BCUT2D eigenvalue weighted by Gasteiger charge is 2.26. The summed E-state index contributed by atoms with van der Waals surface area (Å²) in [7, 11) is -0.890. The maximum atomic E-state index is 12.8. The molecule has 0 spiro atoms. The van der Waals surface area contributed by atoms with E-state index < -0.39 is 22.5 Å². The Balaban J connectivity index is 2.19. The second-order valence-corrected chi connectivity index (χ2v) is 7.44. The lowest BCUT2D eigenvalue weighted by molar-refractivity contribution is -0.137. The van der Waals surface area contributed by atoms with Gasteiger partial charge in [-0.25, -0.2) is 8.42 Å². The highest BCUT2D eigenvalue weighted by atomic mass is 32.2. The fourth-order valence-corrected chi connectivity index (χ4v) is 3.77. The van der Waals surface area contributed by atoms with Gasteiger partial charge in [-0.2, -0.15) is 4.31 Å². The van der Waals surface area contributed by atoms with Gasteiger partial charge in [0, 0.05) is 6.54 Å². The van der Waals surface area contributed by atoms with Crippen molar-refractivity contribution < 1.29 is 27.8 Å². The van der Waals surface area contributed by atoms with Gasteiger partial charge >= 0.3 is 5.97 Å². The predicted molar refractivity (Wildman–Crippen MR) is 96.1 cm³/mol. The standard InChI is InChI=1S/C18H21NO6S/c1-24-15-5-3-14(4-6-15)11-12-19(13-18(20)21)26(22,23)17-9-7-16(25-2)8-10-17/h3-10H,11-13H2,1-2H3,(H,20,21).